The number of benzene rings is 1. The number of carboxylic acid groups (broad SMARTS) is 1. The molecule has 2 saturated heterocycles. The number of rotatable bonds is 4. The van der Waals surface area contributed by atoms with Gasteiger partial charge in [0.05, 0.1) is 12.2 Å². The SMILES string of the molecule is CCOC(=O)c1ccc(C(=O)N2CCC(N3CCCC(C)C3)CC2)cc1.O=C(O)C(F)(F)F. The van der Waals surface area contributed by atoms with Crippen LogP contribution in [0.25, 0.3) is 0 Å². The number of nitrogens with zero attached hydrogens (tertiary/aromatic N) is 2. The van der Waals surface area contributed by atoms with E-state index in [4.69, 9.17) is 14.6 Å². The Labute approximate surface area is 191 Å². The molecular weight excluding hydrogens is 441 g/mol. The molecule has 2 aliphatic rings. The fourth-order valence-electron chi connectivity index (χ4n) is 4.14. The molecule has 1 aromatic carbocycles. The second-order valence-electron chi connectivity index (χ2n) is 8.37. The lowest BCUT2D eigenvalue weighted by molar-refractivity contribution is -0.192. The van der Waals surface area contributed by atoms with Gasteiger partial charge in [0.1, 0.15) is 0 Å². The van der Waals surface area contributed by atoms with Gasteiger partial charge in [-0.3, -0.25) is 9.69 Å². The number of halogens is 3. The smallest absolute Gasteiger partial charge is 0.475 e. The number of hydrogen-bond acceptors (Lipinski definition) is 5. The van der Waals surface area contributed by atoms with Crippen molar-refractivity contribution in [2.24, 2.45) is 5.92 Å². The van der Waals surface area contributed by atoms with Crippen LogP contribution in [0.3, 0.4) is 0 Å². The molecule has 0 bridgehead atoms. The molecule has 1 aromatic rings. The molecule has 184 valence electrons. The van der Waals surface area contributed by atoms with Crippen molar-refractivity contribution in [3.05, 3.63) is 35.4 Å². The maximum atomic E-state index is 12.7. The molecular formula is C23H31F3N2O5. The topological polar surface area (TPSA) is 87.2 Å². The van der Waals surface area contributed by atoms with Crippen LogP contribution in [-0.2, 0) is 9.53 Å². The van der Waals surface area contributed by atoms with Gasteiger partial charge in [0, 0.05) is 31.2 Å². The highest BCUT2D eigenvalue weighted by Crippen LogP contribution is 2.24. The summed E-state index contributed by atoms with van der Waals surface area (Å²) in [4.78, 5) is 37.9. The zero-order valence-electron chi connectivity index (χ0n) is 18.9. The molecule has 1 atom stereocenters. The number of ether oxygens (including phenoxy) is 1. The Bertz CT molecular complexity index is 805. The van der Waals surface area contributed by atoms with Crippen LogP contribution in [0.5, 0.6) is 0 Å². The average molecular weight is 473 g/mol. The minimum absolute atomic E-state index is 0.0610. The first-order valence-corrected chi connectivity index (χ1v) is 11.1. The molecule has 0 aromatic heterocycles. The minimum Gasteiger partial charge on any atom is -0.475 e. The number of esters is 1. The van der Waals surface area contributed by atoms with Gasteiger partial charge in [-0.2, -0.15) is 13.2 Å². The Morgan fingerprint density at radius 1 is 1.03 bits per heavy atom. The number of likely N-dealkylation sites (tertiary alicyclic amines) is 2. The van der Waals surface area contributed by atoms with Crippen LogP contribution in [0.4, 0.5) is 13.2 Å². The van der Waals surface area contributed by atoms with Gasteiger partial charge in [0.2, 0.25) is 0 Å². The Balaban J connectivity index is 0.000000479. The third-order valence-electron chi connectivity index (χ3n) is 5.84. The van der Waals surface area contributed by atoms with Crippen LogP contribution < -0.4 is 0 Å². The van der Waals surface area contributed by atoms with Gasteiger partial charge in [-0.25, -0.2) is 9.59 Å². The highest BCUT2D eigenvalue weighted by molar-refractivity contribution is 5.96. The van der Waals surface area contributed by atoms with Crippen molar-refractivity contribution < 1.29 is 37.4 Å². The summed E-state index contributed by atoms with van der Waals surface area (Å²) in [7, 11) is 0. The van der Waals surface area contributed by atoms with E-state index in [0.29, 0.717) is 23.8 Å². The minimum atomic E-state index is -5.08. The second-order valence-corrected chi connectivity index (χ2v) is 8.37. The average Bonchev–Trinajstić information content (AvgIpc) is 2.79. The third kappa shape index (κ3) is 8.03. The van der Waals surface area contributed by atoms with Gasteiger partial charge >= 0.3 is 18.1 Å². The molecule has 3 rings (SSSR count). The Morgan fingerprint density at radius 3 is 2.06 bits per heavy atom. The predicted octanol–water partition coefficient (Wildman–Crippen LogP) is 3.83. The van der Waals surface area contributed by atoms with Crippen molar-refractivity contribution >= 4 is 17.8 Å². The first-order valence-electron chi connectivity index (χ1n) is 11.1. The fourth-order valence-corrected chi connectivity index (χ4v) is 4.14. The Hall–Kier alpha value is -2.62. The zero-order chi connectivity index (χ0) is 24.6. The van der Waals surface area contributed by atoms with E-state index < -0.39 is 12.1 Å². The van der Waals surface area contributed by atoms with Crippen molar-refractivity contribution in [3.63, 3.8) is 0 Å². The molecule has 33 heavy (non-hydrogen) atoms. The quantitative estimate of drug-likeness (QED) is 0.671. The number of carbonyl (C=O) groups excluding carboxylic acids is 2. The monoisotopic (exact) mass is 472 g/mol. The highest BCUT2D eigenvalue weighted by atomic mass is 19.4. The van der Waals surface area contributed by atoms with Gasteiger partial charge in [-0.15, -0.1) is 0 Å². The summed E-state index contributed by atoms with van der Waals surface area (Å²) in [5.41, 5.74) is 1.13. The lowest BCUT2D eigenvalue weighted by Crippen LogP contribution is -2.49. The van der Waals surface area contributed by atoms with Gasteiger partial charge in [-0.05, 0) is 69.3 Å². The first kappa shape index (κ1) is 26.6. The summed E-state index contributed by atoms with van der Waals surface area (Å²) in [6.45, 7) is 8.51. The van der Waals surface area contributed by atoms with E-state index in [-0.39, 0.29) is 11.9 Å². The predicted molar refractivity (Wildman–Crippen MR) is 115 cm³/mol. The molecule has 2 fully saturated rings. The van der Waals surface area contributed by atoms with Crippen LogP contribution in [0.2, 0.25) is 0 Å². The summed E-state index contributed by atoms with van der Waals surface area (Å²) >= 11 is 0. The normalized spacial score (nSPS) is 19.9. The number of carboxylic acids is 1. The molecule has 1 N–H and O–H groups in total. The molecule has 7 nitrogen and oxygen atoms in total. The molecule has 1 unspecified atom stereocenters. The van der Waals surface area contributed by atoms with Gasteiger partial charge in [-0.1, -0.05) is 6.92 Å². The van der Waals surface area contributed by atoms with E-state index in [9.17, 15) is 22.8 Å². The number of hydrogen-bond donors (Lipinski definition) is 1. The lowest BCUT2D eigenvalue weighted by Gasteiger charge is -2.41. The number of piperidine rings is 2. The van der Waals surface area contributed by atoms with Crippen LogP contribution >= 0.6 is 0 Å². The zero-order valence-corrected chi connectivity index (χ0v) is 18.9. The van der Waals surface area contributed by atoms with E-state index in [1.54, 1.807) is 31.2 Å². The Kier molecular flexibility index (Phi) is 9.70. The summed E-state index contributed by atoms with van der Waals surface area (Å²) in [5.74, 6) is -2.25. The van der Waals surface area contributed by atoms with Crippen molar-refractivity contribution in [2.45, 2.75) is 51.7 Å². The Morgan fingerprint density at radius 2 is 1.58 bits per heavy atom. The number of carbonyl (C=O) groups is 3. The van der Waals surface area contributed by atoms with E-state index in [0.717, 1.165) is 31.8 Å². The van der Waals surface area contributed by atoms with E-state index in [1.165, 1.54) is 25.9 Å². The molecule has 2 heterocycles. The molecule has 0 spiro atoms. The number of aliphatic carboxylic acids is 1. The summed E-state index contributed by atoms with van der Waals surface area (Å²) in [6.07, 6.45) is -0.332. The standard InChI is InChI=1S/C21H30N2O3.C2HF3O2/c1-3-26-21(25)18-8-6-17(7-9-18)20(24)22-13-10-19(11-14-22)23-12-4-5-16(2)15-23;3-2(4,5)1(6)7/h6-9,16,19H,3-5,10-15H2,1-2H3;(H,6,7). The van der Waals surface area contributed by atoms with Crippen molar-refractivity contribution in [1.29, 1.82) is 0 Å². The molecule has 2 aliphatic heterocycles. The van der Waals surface area contributed by atoms with Crippen molar-refractivity contribution in [2.75, 3.05) is 32.8 Å². The van der Waals surface area contributed by atoms with Crippen LogP contribution in [0, 0.1) is 5.92 Å². The number of alkyl halides is 3. The maximum absolute atomic E-state index is 12.7. The van der Waals surface area contributed by atoms with Crippen LogP contribution in [0.15, 0.2) is 24.3 Å². The molecule has 1 amide bonds. The van der Waals surface area contributed by atoms with Crippen LogP contribution in [0.1, 0.15) is 60.2 Å². The lowest BCUT2D eigenvalue weighted by atomic mass is 9.95. The van der Waals surface area contributed by atoms with Gasteiger partial charge in [0.25, 0.3) is 5.91 Å². The van der Waals surface area contributed by atoms with E-state index in [1.807, 2.05) is 4.90 Å². The second kappa shape index (κ2) is 12.0. The first-order chi connectivity index (χ1) is 15.5. The maximum Gasteiger partial charge on any atom is 0.490 e. The van der Waals surface area contributed by atoms with Crippen LogP contribution in [-0.4, -0.2) is 77.8 Å². The number of amides is 1. The third-order valence-corrected chi connectivity index (χ3v) is 5.84. The largest absolute Gasteiger partial charge is 0.490 e. The summed E-state index contributed by atoms with van der Waals surface area (Å²) in [5, 5.41) is 7.12. The van der Waals surface area contributed by atoms with Crippen molar-refractivity contribution in [3.8, 4) is 0 Å². The molecule has 10 heteroatoms. The molecule has 0 aliphatic carbocycles. The van der Waals surface area contributed by atoms with E-state index >= 15 is 0 Å². The summed E-state index contributed by atoms with van der Waals surface area (Å²) < 4.78 is 36.7. The fraction of sp³-hybridized carbons (Fsp3) is 0.609. The highest BCUT2D eigenvalue weighted by Gasteiger charge is 2.38. The van der Waals surface area contributed by atoms with Gasteiger partial charge < -0.3 is 14.7 Å². The van der Waals surface area contributed by atoms with Crippen molar-refractivity contribution in [1.82, 2.24) is 9.80 Å². The summed E-state index contributed by atoms with van der Waals surface area (Å²) in [6, 6.07) is 7.42. The van der Waals surface area contributed by atoms with E-state index in [2.05, 4.69) is 11.8 Å². The van der Waals surface area contributed by atoms with Gasteiger partial charge in [0.15, 0.2) is 0 Å². The molecule has 0 saturated carbocycles. The molecule has 0 radical (unpaired) electrons.